The molecule has 2 aliphatic heterocycles. The third kappa shape index (κ3) is 4.92. The van der Waals surface area contributed by atoms with Crippen LogP contribution in [-0.4, -0.2) is 49.4 Å². The summed E-state index contributed by atoms with van der Waals surface area (Å²) in [7, 11) is 1.43. The Kier molecular flexibility index (Phi) is 6.77. The molecular formula is C26H30N4O3. The average Bonchev–Trinajstić information content (AvgIpc) is 3.20. The van der Waals surface area contributed by atoms with E-state index in [1.54, 1.807) is 17.0 Å². The molecule has 7 nitrogen and oxygen atoms in total. The molecule has 7 heteroatoms. The molecule has 0 aromatic heterocycles. The summed E-state index contributed by atoms with van der Waals surface area (Å²) >= 11 is 0. The highest BCUT2D eigenvalue weighted by Crippen LogP contribution is 2.36. The Morgan fingerprint density at radius 1 is 1.09 bits per heavy atom. The Labute approximate surface area is 194 Å². The van der Waals surface area contributed by atoms with Crippen LogP contribution in [0, 0.1) is 11.3 Å². The molecule has 0 atom stereocenters. The van der Waals surface area contributed by atoms with Gasteiger partial charge in [0.2, 0.25) is 0 Å². The average molecular weight is 447 g/mol. The molecule has 0 radical (unpaired) electrons. The second-order valence-corrected chi connectivity index (χ2v) is 8.58. The van der Waals surface area contributed by atoms with E-state index in [0.29, 0.717) is 24.4 Å². The fraction of sp³-hybridized carbons (Fsp3) is 0.346. The van der Waals surface area contributed by atoms with Crippen molar-refractivity contribution in [2.75, 3.05) is 31.6 Å². The molecule has 1 saturated heterocycles. The molecule has 2 heterocycles. The molecule has 3 N–H and O–H groups in total. The molecule has 0 saturated carbocycles. The zero-order valence-electron chi connectivity index (χ0n) is 18.9. The van der Waals surface area contributed by atoms with E-state index in [1.807, 2.05) is 42.5 Å². The van der Waals surface area contributed by atoms with E-state index in [1.165, 1.54) is 7.11 Å². The molecule has 0 bridgehead atoms. The number of anilines is 1. The van der Waals surface area contributed by atoms with Gasteiger partial charge in [-0.05, 0) is 55.0 Å². The zero-order valence-corrected chi connectivity index (χ0v) is 18.9. The van der Waals surface area contributed by atoms with E-state index in [4.69, 9.17) is 15.9 Å². The molecule has 33 heavy (non-hydrogen) atoms. The van der Waals surface area contributed by atoms with Gasteiger partial charge in [0, 0.05) is 36.5 Å². The maximum Gasteiger partial charge on any atom is 0.305 e. The summed E-state index contributed by atoms with van der Waals surface area (Å²) in [5.41, 5.74) is 9.73. The number of carbonyl (C=O) groups excluding carboxylic acids is 2. The number of rotatable bonds is 7. The number of esters is 1. The Hall–Kier alpha value is -3.61. The molecule has 1 amide bonds. The molecule has 172 valence electrons. The van der Waals surface area contributed by atoms with Gasteiger partial charge in [-0.1, -0.05) is 30.3 Å². The number of hydrogen-bond acceptors (Lipinski definition) is 5. The van der Waals surface area contributed by atoms with Crippen LogP contribution in [0.4, 0.5) is 5.69 Å². The van der Waals surface area contributed by atoms with E-state index in [-0.39, 0.29) is 17.7 Å². The van der Waals surface area contributed by atoms with Crippen LogP contribution in [0.3, 0.4) is 0 Å². The predicted octanol–water partition coefficient (Wildman–Crippen LogP) is 3.39. The first-order valence-corrected chi connectivity index (χ1v) is 11.3. The van der Waals surface area contributed by atoms with Gasteiger partial charge in [-0.3, -0.25) is 15.0 Å². The Morgan fingerprint density at radius 2 is 1.76 bits per heavy atom. The number of benzene rings is 2. The van der Waals surface area contributed by atoms with E-state index >= 15 is 0 Å². The lowest BCUT2D eigenvalue weighted by atomic mass is 9.91. The Bertz CT molecular complexity index is 1050. The summed E-state index contributed by atoms with van der Waals surface area (Å²) in [4.78, 5) is 29.2. The maximum absolute atomic E-state index is 13.6. The minimum absolute atomic E-state index is 0.00755. The second-order valence-electron chi connectivity index (χ2n) is 8.58. The molecule has 0 unspecified atom stereocenters. The quantitative estimate of drug-likeness (QED) is 0.386. The standard InChI is InChI=1S/C26H30N4O3/c1-33-23(31)12-7-18-13-15-29(16-14-18)22-17-30(21-10-8-20(9-11-21)25(27)28)26(32)24(22)19-5-3-2-4-6-19/h2-6,8-11,18H,7,12-17H2,1H3,(H3,27,28). The fourth-order valence-electron chi connectivity index (χ4n) is 4.66. The third-order valence-corrected chi connectivity index (χ3v) is 6.59. The van der Waals surface area contributed by atoms with Crippen LogP contribution in [-0.2, 0) is 14.3 Å². The lowest BCUT2D eigenvalue weighted by Gasteiger charge is -2.35. The van der Waals surface area contributed by atoms with Crippen molar-refractivity contribution >= 4 is 29.0 Å². The van der Waals surface area contributed by atoms with Gasteiger partial charge in [0.25, 0.3) is 5.91 Å². The van der Waals surface area contributed by atoms with E-state index < -0.39 is 0 Å². The minimum Gasteiger partial charge on any atom is -0.469 e. The number of amides is 1. The number of nitrogens with one attached hydrogen (secondary N) is 1. The molecule has 2 aliphatic rings. The summed E-state index contributed by atoms with van der Waals surface area (Å²) in [6.07, 6.45) is 3.29. The van der Waals surface area contributed by atoms with E-state index in [2.05, 4.69) is 4.90 Å². The highest BCUT2D eigenvalue weighted by atomic mass is 16.5. The van der Waals surface area contributed by atoms with Gasteiger partial charge in [0.15, 0.2) is 0 Å². The highest BCUT2D eigenvalue weighted by molar-refractivity contribution is 6.29. The number of ether oxygens (including phenoxy) is 1. The summed E-state index contributed by atoms with van der Waals surface area (Å²) in [6.45, 7) is 2.24. The predicted molar refractivity (Wildman–Crippen MR) is 129 cm³/mol. The first-order valence-electron chi connectivity index (χ1n) is 11.3. The van der Waals surface area contributed by atoms with Crippen molar-refractivity contribution in [2.45, 2.75) is 25.7 Å². The molecule has 2 aromatic carbocycles. The number of amidine groups is 1. The number of nitrogens with zero attached hydrogens (tertiary/aromatic N) is 2. The third-order valence-electron chi connectivity index (χ3n) is 6.59. The van der Waals surface area contributed by atoms with Crippen molar-refractivity contribution in [2.24, 2.45) is 11.7 Å². The van der Waals surface area contributed by atoms with Gasteiger partial charge >= 0.3 is 5.97 Å². The first-order chi connectivity index (χ1) is 16.0. The zero-order chi connectivity index (χ0) is 23.4. The molecule has 0 spiro atoms. The molecule has 1 fully saturated rings. The number of hydrogen-bond donors (Lipinski definition) is 2. The van der Waals surface area contributed by atoms with Gasteiger partial charge in [-0.25, -0.2) is 0 Å². The maximum atomic E-state index is 13.6. The van der Waals surface area contributed by atoms with Gasteiger partial charge < -0.3 is 20.3 Å². The number of likely N-dealkylation sites (tertiary alicyclic amines) is 1. The van der Waals surface area contributed by atoms with Crippen molar-refractivity contribution in [3.05, 3.63) is 71.4 Å². The lowest BCUT2D eigenvalue weighted by molar-refractivity contribution is -0.141. The van der Waals surface area contributed by atoms with Crippen LogP contribution < -0.4 is 10.6 Å². The van der Waals surface area contributed by atoms with Crippen LogP contribution in [0.5, 0.6) is 0 Å². The van der Waals surface area contributed by atoms with Crippen LogP contribution in [0.15, 0.2) is 60.3 Å². The number of carbonyl (C=O) groups is 2. The minimum atomic E-state index is -0.153. The Morgan fingerprint density at radius 3 is 2.36 bits per heavy atom. The lowest BCUT2D eigenvalue weighted by Crippen LogP contribution is -2.35. The topological polar surface area (TPSA) is 99.7 Å². The van der Waals surface area contributed by atoms with Gasteiger partial charge in [-0.15, -0.1) is 0 Å². The van der Waals surface area contributed by atoms with Crippen LogP contribution in [0.25, 0.3) is 5.57 Å². The highest BCUT2D eigenvalue weighted by Gasteiger charge is 2.36. The van der Waals surface area contributed by atoms with Crippen molar-refractivity contribution in [1.82, 2.24) is 4.90 Å². The Balaban J connectivity index is 1.55. The van der Waals surface area contributed by atoms with Crippen LogP contribution in [0.1, 0.15) is 36.8 Å². The van der Waals surface area contributed by atoms with Crippen molar-refractivity contribution < 1.29 is 14.3 Å². The van der Waals surface area contributed by atoms with Crippen molar-refractivity contribution in [1.29, 1.82) is 5.41 Å². The molecule has 2 aromatic rings. The second kappa shape index (κ2) is 9.90. The number of methoxy groups -OCH3 is 1. The number of nitrogens with two attached hydrogens (primary N) is 1. The van der Waals surface area contributed by atoms with E-state index in [0.717, 1.165) is 54.9 Å². The molecular weight excluding hydrogens is 416 g/mol. The molecule has 4 rings (SSSR count). The monoisotopic (exact) mass is 446 g/mol. The van der Waals surface area contributed by atoms with Crippen molar-refractivity contribution in [3.63, 3.8) is 0 Å². The first kappa shape index (κ1) is 22.6. The number of piperidine rings is 1. The van der Waals surface area contributed by atoms with E-state index in [9.17, 15) is 9.59 Å². The SMILES string of the molecule is COC(=O)CCC1CCN(C2=C(c3ccccc3)C(=O)N(c3ccc(C(=N)N)cc3)C2)CC1. The summed E-state index contributed by atoms with van der Waals surface area (Å²) < 4.78 is 4.77. The van der Waals surface area contributed by atoms with Crippen LogP contribution >= 0.6 is 0 Å². The summed E-state index contributed by atoms with van der Waals surface area (Å²) in [5, 5.41) is 7.60. The smallest absolute Gasteiger partial charge is 0.305 e. The fourth-order valence-corrected chi connectivity index (χ4v) is 4.66. The van der Waals surface area contributed by atoms with Crippen molar-refractivity contribution in [3.8, 4) is 0 Å². The summed E-state index contributed by atoms with van der Waals surface area (Å²) in [5.74, 6) is 0.334. The largest absolute Gasteiger partial charge is 0.469 e. The van der Waals surface area contributed by atoms with Gasteiger partial charge in [-0.2, -0.15) is 0 Å². The van der Waals surface area contributed by atoms with Gasteiger partial charge in [0.1, 0.15) is 5.84 Å². The van der Waals surface area contributed by atoms with Gasteiger partial charge in [0.05, 0.1) is 19.2 Å². The van der Waals surface area contributed by atoms with Crippen LogP contribution in [0.2, 0.25) is 0 Å². The summed E-state index contributed by atoms with van der Waals surface area (Å²) in [6, 6.07) is 17.1. The normalized spacial score (nSPS) is 16.9. The molecule has 0 aliphatic carbocycles. The number of nitrogen functional groups attached to an aromatic ring is 1.